The van der Waals surface area contributed by atoms with E-state index >= 15 is 0 Å². The van der Waals surface area contributed by atoms with Crippen molar-refractivity contribution in [3.05, 3.63) is 55.2 Å². The smallest absolute Gasteiger partial charge is 0.345 e. The van der Waals surface area contributed by atoms with E-state index in [4.69, 9.17) is 5.11 Å². The molecule has 0 unspecified atom stereocenters. The molecule has 2 rings (SSSR count). The molecule has 8 heteroatoms. The number of aromatic amines is 2. The van der Waals surface area contributed by atoms with Crippen LogP contribution in [-0.4, -0.2) is 21.0 Å². The molecular formula is C9H7FN2O4S. The molecule has 0 radical (unpaired) electrons. The number of thiophene rings is 1. The molecule has 17 heavy (non-hydrogen) atoms. The van der Waals surface area contributed by atoms with E-state index in [0.29, 0.717) is 11.1 Å². The Bertz CT molecular complexity index is 602. The minimum absolute atomic E-state index is 0.394. The lowest BCUT2D eigenvalue weighted by Gasteiger charge is -1.81. The molecule has 0 atom stereocenters. The first kappa shape index (κ1) is 12.8. The average molecular weight is 258 g/mol. The van der Waals surface area contributed by atoms with Crippen LogP contribution in [-0.2, 0) is 0 Å². The van der Waals surface area contributed by atoms with Gasteiger partial charge in [0.15, 0.2) is 0 Å². The van der Waals surface area contributed by atoms with Crippen molar-refractivity contribution in [1.29, 1.82) is 0 Å². The monoisotopic (exact) mass is 258 g/mol. The molecule has 0 aromatic carbocycles. The third-order valence-electron chi connectivity index (χ3n) is 1.51. The van der Waals surface area contributed by atoms with Crippen molar-refractivity contribution < 1.29 is 14.3 Å². The summed E-state index contributed by atoms with van der Waals surface area (Å²) in [6, 6.07) is 3.29. The molecule has 2 aromatic heterocycles. The Morgan fingerprint density at radius 1 is 1.41 bits per heavy atom. The summed E-state index contributed by atoms with van der Waals surface area (Å²) in [5.74, 6) is -1.84. The summed E-state index contributed by atoms with van der Waals surface area (Å²) in [6.45, 7) is 0. The van der Waals surface area contributed by atoms with Gasteiger partial charge in [-0.1, -0.05) is 6.07 Å². The number of rotatable bonds is 1. The van der Waals surface area contributed by atoms with E-state index in [2.05, 4.69) is 0 Å². The van der Waals surface area contributed by atoms with E-state index in [-0.39, 0.29) is 0 Å². The van der Waals surface area contributed by atoms with Crippen LogP contribution >= 0.6 is 11.3 Å². The lowest BCUT2D eigenvalue weighted by Crippen LogP contribution is -2.23. The van der Waals surface area contributed by atoms with Crippen LogP contribution in [0.2, 0.25) is 0 Å². The predicted molar refractivity (Wildman–Crippen MR) is 58.9 cm³/mol. The number of carboxylic acids is 1. The van der Waals surface area contributed by atoms with E-state index in [1.54, 1.807) is 22.5 Å². The Balaban J connectivity index is 0.000000171. The molecule has 0 aliphatic rings. The molecular weight excluding hydrogens is 251 g/mol. The molecule has 0 saturated carbocycles. The molecule has 0 aliphatic carbocycles. The van der Waals surface area contributed by atoms with Gasteiger partial charge in [-0.05, 0) is 11.4 Å². The zero-order valence-corrected chi connectivity index (χ0v) is 9.08. The van der Waals surface area contributed by atoms with Gasteiger partial charge in [-0.15, -0.1) is 11.3 Å². The molecule has 0 amide bonds. The molecule has 6 nitrogen and oxygen atoms in total. The third-order valence-corrected chi connectivity index (χ3v) is 2.36. The van der Waals surface area contributed by atoms with Crippen molar-refractivity contribution in [2.75, 3.05) is 0 Å². The Morgan fingerprint density at radius 3 is 2.47 bits per heavy atom. The van der Waals surface area contributed by atoms with E-state index in [9.17, 15) is 18.8 Å². The van der Waals surface area contributed by atoms with Gasteiger partial charge in [0.05, 0.1) is 0 Å². The number of aromatic carboxylic acids is 1. The van der Waals surface area contributed by atoms with Crippen LogP contribution in [0.4, 0.5) is 4.39 Å². The maximum Gasteiger partial charge on any atom is 0.345 e. The van der Waals surface area contributed by atoms with Gasteiger partial charge in [0.1, 0.15) is 4.88 Å². The van der Waals surface area contributed by atoms with Crippen LogP contribution in [0.15, 0.2) is 33.3 Å². The summed E-state index contributed by atoms with van der Waals surface area (Å²) in [7, 11) is 0. The minimum atomic E-state index is -1.00. The summed E-state index contributed by atoms with van der Waals surface area (Å²) in [4.78, 5) is 34.5. The van der Waals surface area contributed by atoms with Crippen LogP contribution in [0.3, 0.4) is 0 Å². The third kappa shape index (κ3) is 4.03. The summed E-state index contributed by atoms with van der Waals surface area (Å²) < 4.78 is 12.0. The minimum Gasteiger partial charge on any atom is -0.477 e. The van der Waals surface area contributed by atoms with E-state index in [1.165, 1.54) is 11.3 Å². The standard InChI is InChI=1S/C5H4O2S.C4H3FN2O2/c6-5(7)4-2-1-3-8-4;5-2-1-6-4(9)7-3(2)8/h1-3H,(H,6,7);1H,(H2,6,7,8,9). The molecule has 0 bridgehead atoms. The largest absolute Gasteiger partial charge is 0.477 e. The zero-order valence-electron chi connectivity index (χ0n) is 8.27. The Hall–Kier alpha value is -2.22. The van der Waals surface area contributed by atoms with Gasteiger partial charge < -0.3 is 10.1 Å². The number of hydrogen-bond acceptors (Lipinski definition) is 4. The van der Waals surface area contributed by atoms with Crippen molar-refractivity contribution in [2.45, 2.75) is 0 Å². The van der Waals surface area contributed by atoms with Crippen molar-refractivity contribution in [3.63, 3.8) is 0 Å². The van der Waals surface area contributed by atoms with Crippen molar-refractivity contribution in [3.8, 4) is 0 Å². The number of H-pyrrole nitrogens is 2. The lowest BCUT2D eigenvalue weighted by molar-refractivity contribution is 0.0702. The number of halogens is 1. The van der Waals surface area contributed by atoms with E-state index in [0.717, 1.165) is 0 Å². The molecule has 0 aliphatic heterocycles. The predicted octanol–water partition coefficient (Wildman–Crippen LogP) is 0.649. The quantitative estimate of drug-likeness (QED) is 0.698. The van der Waals surface area contributed by atoms with Crippen molar-refractivity contribution in [2.24, 2.45) is 0 Å². The second kappa shape index (κ2) is 5.75. The van der Waals surface area contributed by atoms with Crippen LogP contribution in [0.5, 0.6) is 0 Å². The molecule has 0 saturated heterocycles. The molecule has 2 aromatic rings. The van der Waals surface area contributed by atoms with E-state index in [1.807, 2.05) is 4.98 Å². The fourth-order valence-corrected chi connectivity index (χ4v) is 1.36. The van der Waals surface area contributed by atoms with Crippen LogP contribution in [0.25, 0.3) is 0 Å². The van der Waals surface area contributed by atoms with E-state index < -0.39 is 23.0 Å². The highest BCUT2D eigenvalue weighted by Gasteiger charge is 1.99. The Kier molecular flexibility index (Phi) is 4.35. The number of carboxylic acid groups (broad SMARTS) is 1. The topological polar surface area (TPSA) is 103 Å². The molecule has 90 valence electrons. The maximum atomic E-state index is 12.0. The second-order valence-electron chi connectivity index (χ2n) is 2.70. The molecule has 0 fully saturated rings. The Morgan fingerprint density at radius 2 is 2.12 bits per heavy atom. The lowest BCUT2D eigenvalue weighted by atomic mass is 10.5. The first-order valence-corrected chi connectivity index (χ1v) is 5.13. The fraction of sp³-hybridized carbons (Fsp3) is 0. The number of hydrogen-bond donors (Lipinski definition) is 3. The summed E-state index contributed by atoms with van der Waals surface area (Å²) in [6.07, 6.45) is 0.709. The zero-order chi connectivity index (χ0) is 12.8. The van der Waals surface area contributed by atoms with Crippen LogP contribution in [0.1, 0.15) is 9.67 Å². The van der Waals surface area contributed by atoms with Gasteiger partial charge in [-0.2, -0.15) is 4.39 Å². The van der Waals surface area contributed by atoms with Crippen LogP contribution < -0.4 is 11.2 Å². The van der Waals surface area contributed by atoms with Crippen molar-refractivity contribution in [1.82, 2.24) is 9.97 Å². The number of nitrogens with one attached hydrogen (secondary N) is 2. The van der Waals surface area contributed by atoms with Gasteiger partial charge in [-0.25, -0.2) is 9.59 Å². The van der Waals surface area contributed by atoms with Crippen molar-refractivity contribution >= 4 is 17.3 Å². The fourth-order valence-electron chi connectivity index (χ4n) is 0.794. The van der Waals surface area contributed by atoms with Gasteiger partial charge in [0.25, 0.3) is 5.56 Å². The Labute approximate surface area is 97.4 Å². The van der Waals surface area contributed by atoms with Gasteiger partial charge in [-0.3, -0.25) is 9.78 Å². The summed E-state index contributed by atoms with van der Waals surface area (Å²) in [5.41, 5.74) is -1.71. The van der Waals surface area contributed by atoms with Gasteiger partial charge >= 0.3 is 11.7 Å². The maximum absolute atomic E-state index is 12.0. The average Bonchev–Trinajstić information content (AvgIpc) is 2.78. The highest BCUT2D eigenvalue weighted by molar-refractivity contribution is 7.11. The SMILES string of the molecule is O=C(O)c1cccs1.O=c1[nH]cc(F)c(=O)[nH]1. The highest BCUT2D eigenvalue weighted by atomic mass is 32.1. The van der Waals surface area contributed by atoms with Crippen LogP contribution in [0, 0.1) is 5.82 Å². The van der Waals surface area contributed by atoms with Gasteiger partial charge in [0, 0.05) is 6.20 Å². The first-order valence-electron chi connectivity index (χ1n) is 4.25. The summed E-state index contributed by atoms with van der Waals surface area (Å²) in [5, 5.41) is 10.0. The van der Waals surface area contributed by atoms with Gasteiger partial charge in [0.2, 0.25) is 5.82 Å². The number of carbonyl (C=O) groups is 1. The number of aromatic nitrogens is 2. The first-order chi connectivity index (χ1) is 8.00. The molecule has 0 spiro atoms. The molecule has 2 heterocycles. The summed E-state index contributed by atoms with van der Waals surface area (Å²) >= 11 is 1.23. The normalized spacial score (nSPS) is 9.24. The highest BCUT2D eigenvalue weighted by Crippen LogP contribution is 2.06. The second-order valence-corrected chi connectivity index (χ2v) is 3.65. The molecule has 3 N–H and O–H groups in total.